The first kappa shape index (κ1) is 12.1. The highest BCUT2D eigenvalue weighted by Crippen LogP contribution is 2.39. The zero-order chi connectivity index (χ0) is 12.7. The molecule has 1 amide bonds. The molecule has 0 saturated carbocycles. The molecule has 0 N–H and O–H groups in total. The fourth-order valence-electron chi connectivity index (χ4n) is 1.73. The van der Waals surface area contributed by atoms with E-state index in [0.717, 1.165) is 4.90 Å². The number of ketones is 2. The number of halogens is 2. The van der Waals surface area contributed by atoms with Gasteiger partial charge in [0.05, 0.1) is 27.8 Å². The maximum absolute atomic E-state index is 11.7. The maximum atomic E-state index is 11.7. The Bertz CT molecular complexity index is 554. The molecule has 0 aromatic heterocycles. The van der Waals surface area contributed by atoms with Crippen LogP contribution >= 0.6 is 23.2 Å². The molecule has 1 aliphatic rings. The van der Waals surface area contributed by atoms with Crippen LogP contribution in [0.4, 0.5) is 5.69 Å². The van der Waals surface area contributed by atoms with Crippen molar-refractivity contribution < 1.29 is 14.4 Å². The average molecular weight is 272 g/mol. The molecule has 0 atom stereocenters. The molecular weight excluding hydrogens is 265 g/mol. The smallest absolute Gasteiger partial charge is 0.298 e. The van der Waals surface area contributed by atoms with Crippen molar-refractivity contribution in [3.8, 4) is 0 Å². The monoisotopic (exact) mass is 271 g/mol. The van der Waals surface area contributed by atoms with Crippen LogP contribution in [0.3, 0.4) is 0 Å². The Morgan fingerprint density at radius 3 is 2.41 bits per heavy atom. The van der Waals surface area contributed by atoms with Crippen LogP contribution in [0.1, 0.15) is 17.3 Å². The van der Waals surface area contributed by atoms with Gasteiger partial charge in [-0.1, -0.05) is 23.2 Å². The number of amides is 1. The summed E-state index contributed by atoms with van der Waals surface area (Å²) in [7, 11) is 0. The average Bonchev–Trinajstić information content (AvgIpc) is 2.49. The van der Waals surface area contributed by atoms with Gasteiger partial charge in [0.25, 0.3) is 11.7 Å². The van der Waals surface area contributed by atoms with Gasteiger partial charge in [0.15, 0.2) is 0 Å². The van der Waals surface area contributed by atoms with Crippen LogP contribution in [-0.2, 0) is 9.59 Å². The van der Waals surface area contributed by atoms with E-state index in [0.29, 0.717) is 0 Å². The Morgan fingerprint density at radius 2 is 1.82 bits per heavy atom. The number of anilines is 1. The molecule has 0 spiro atoms. The fourth-order valence-corrected chi connectivity index (χ4v) is 2.22. The molecule has 17 heavy (non-hydrogen) atoms. The number of carbonyl (C=O) groups is 3. The van der Waals surface area contributed by atoms with Gasteiger partial charge in [0.2, 0.25) is 0 Å². The number of hydrogen-bond acceptors (Lipinski definition) is 3. The molecule has 0 bridgehead atoms. The molecule has 6 heteroatoms. The van der Waals surface area contributed by atoms with Crippen molar-refractivity contribution in [1.29, 1.82) is 0 Å². The van der Waals surface area contributed by atoms with Crippen LogP contribution in [-0.4, -0.2) is 24.0 Å². The van der Waals surface area contributed by atoms with E-state index in [9.17, 15) is 14.4 Å². The van der Waals surface area contributed by atoms with Crippen LogP contribution in [0.5, 0.6) is 0 Å². The highest BCUT2D eigenvalue weighted by molar-refractivity contribution is 6.57. The highest BCUT2D eigenvalue weighted by atomic mass is 35.5. The summed E-state index contributed by atoms with van der Waals surface area (Å²) in [5, 5.41) is 0.388. The van der Waals surface area contributed by atoms with E-state index in [1.54, 1.807) is 0 Å². The summed E-state index contributed by atoms with van der Waals surface area (Å²) in [5.74, 6) is -1.74. The normalized spacial score (nSPS) is 14.2. The zero-order valence-corrected chi connectivity index (χ0v) is 10.3. The van der Waals surface area contributed by atoms with Crippen LogP contribution in [0.15, 0.2) is 12.1 Å². The summed E-state index contributed by atoms with van der Waals surface area (Å²) >= 11 is 11.8. The lowest BCUT2D eigenvalue weighted by Crippen LogP contribution is -2.33. The molecule has 0 aliphatic carbocycles. The van der Waals surface area contributed by atoms with E-state index >= 15 is 0 Å². The molecule has 1 aromatic carbocycles. The Labute approximate surface area is 107 Å². The van der Waals surface area contributed by atoms with Gasteiger partial charge in [-0.05, 0) is 19.1 Å². The second-order valence-corrected chi connectivity index (χ2v) is 4.49. The summed E-state index contributed by atoms with van der Waals surface area (Å²) in [5.41, 5.74) is 0.301. The first-order chi connectivity index (χ1) is 7.93. The van der Waals surface area contributed by atoms with Gasteiger partial charge in [-0.3, -0.25) is 19.3 Å². The number of rotatable bonds is 2. The minimum atomic E-state index is -0.773. The number of hydrogen-bond donors (Lipinski definition) is 0. The van der Waals surface area contributed by atoms with Crippen molar-refractivity contribution in [2.24, 2.45) is 0 Å². The third kappa shape index (κ3) is 1.83. The van der Waals surface area contributed by atoms with Crippen LogP contribution in [0.25, 0.3) is 0 Å². The van der Waals surface area contributed by atoms with Crippen molar-refractivity contribution in [1.82, 2.24) is 0 Å². The number of Topliss-reactive ketones (excluding diaryl/α,β-unsaturated/α-hetero) is 2. The summed E-state index contributed by atoms with van der Waals surface area (Å²) in [6.07, 6.45) is 0. The number of carbonyl (C=O) groups excluding carboxylic acids is 3. The number of benzene rings is 1. The van der Waals surface area contributed by atoms with Gasteiger partial charge in [-0.15, -0.1) is 0 Å². The number of nitrogens with zero attached hydrogens (tertiary/aromatic N) is 1. The fraction of sp³-hybridized carbons (Fsp3) is 0.182. The third-order valence-electron chi connectivity index (χ3n) is 2.39. The van der Waals surface area contributed by atoms with E-state index in [1.165, 1.54) is 19.1 Å². The predicted molar refractivity (Wildman–Crippen MR) is 63.8 cm³/mol. The first-order valence-corrected chi connectivity index (χ1v) is 5.52. The van der Waals surface area contributed by atoms with Crippen molar-refractivity contribution in [3.05, 3.63) is 27.7 Å². The van der Waals surface area contributed by atoms with Crippen LogP contribution in [0, 0.1) is 0 Å². The van der Waals surface area contributed by atoms with E-state index in [2.05, 4.69) is 0 Å². The molecule has 2 rings (SSSR count). The predicted octanol–water partition coefficient (Wildman–Crippen LogP) is 2.11. The molecule has 0 unspecified atom stereocenters. The number of fused-ring (bicyclic) bond motifs is 1. The molecule has 0 radical (unpaired) electrons. The molecule has 0 saturated heterocycles. The molecule has 1 aromatic rings. The van der Waals surface area contributed by atoms with Gasteiger partial charge >= 0.3 is 0 Å². The van der Waals surface area contributed by atoms with Crippen molar-refractivity contribution >= 4 is 46.4 Å². The lowest BCUT2D eigenvalue weighted by molar-refractivity contribution is -0.119. The minimum absolute atomic E-state index is 0.0745. The minimum Gasteiger partial charge on any atom is -0.298 e. The second-order valence-electron chi connectivity index (χ2n) is 3.68. The van der Waals surface area contributed by atoms with Gasteiger partial charge in [-0.25, -0.2) is 0 Å². The van der Waals surface area contributed by atoms with Crippen LogP contribution < -0.4 is 4.90 Å². The Hall–Kier alpha value is -1.39. The molecular formula is C11H7Cl2NO3. The van der Waals surface area contributed by atoms with E-state index in [1.807, 2.05) is 0 Å². The lowest BCUT2D eigenvalue weighted by Gasteiger charge is -2.15. The molecule has 1 heterocycles. The Morgan fingerprint density at radius 1 is 1.24 bits per heavy atom. The quantitative estimate of drug-likeness (QED) is 0.775. The van der Waals surface area contributed by atoms with Gasteiger partial charge < -0.3 is 0 Å². The molecule has 4 nitrogen and oxygen atoms in total. The second kappa shape index (κ2) is 4.13. The topological polar surface area (TPSA) is 54.5 Å². The van der Waals surface area contributed by atoms with Crippen molar-refractivity contribution in [3.63, 3.8) is 0 Å². The molecule has 88 valence electrons. The van der Waals surface area contributed by atoms with Gasteiger partial charge in [0.1, 0.15) is 5.78 Å². The largest absolute Gasteiger partial charge is 0.299 e. The van der Waals surface area contributed by atoms with E-state index in [4.69, 9.17) is 23.2 Å². The Balaban J connectivity index is 2.63. The standard InChI is InChI=1S/C11H7Cl2NO3/c1-5(15)4-14-9-7(13)3-2-6(12)8(9)10(16)11(14)17/h2-3H,4H2,1H3. The molecule has 0 fully saturated rings. The van der Waals surface area contributed by atoms with Crippen molar-refractivity contribution in [2.75, 3.05) is 11.4 Å². The SMILES string of the molecule is CC(=O)CN1C(=O)C(=O)c2c(Cl)ccc(Cl)c21. The van der Waals surface area contributed by atoms with E-state index in [-0.39, 0.29) is 33.6 Å². The van der Waals surface area contributed by atoms with Gasteiger partial charge in [0, 0.05) is 0 Å². The molecule has 1 aliphatic heterocycles. The Kier molecular flexibility index (Phi) is 2.93. The first-order valence-electron chi connectivity index (χ1n) is 4.77. The van der Waals surface area contributed by atoms with E-state index < -0.39 is 11.7 Å². The summed E-state index contributed by atoms with van der Waals surface area (Å²) in [6, 6.07) is 2.94. The maximum Gasteiger partial charge on any atom is 0.299 e. The highest BCUT2D eigenvalue weighted by Gasteiger charge is 2.39. The van der Waals surface area contributed by atoms with Gasteiger partial charge in [-0.2, -0.15) is 0 Å². The lowest BCUT2D eigenvalue weighted by atomic mass is 10.1. The van der Waals surface area contributed by atoms with Crippen molar-refractivity contribution in [2.45, 2.75) is 6.92 Å². The zero-order valence-electron chi connectivity index (χ0n) is 8.79. The summed E-state index contributed by atoms with van der Waals surface area (Å²) in [6.45, 7) is 1.14. The van der Waals surface area contributed by atoms with Crippen LogP contribution in [0.2, 0.25) is 10.0 Å². The summed E-state index contributed by atoms with van der Waals surface area (Å²) in [4.78, 5) is 35.6. The summed E-state index contributed by atoms with van der Waals surface area (Å²) < 4.78 is 0. The third-order valence-corrected chi connectivity index (χ3v) is 3.01.